The van der Waals surface area contributed by atoms with E-state index in [0.29, 0.717) is 13.0 Å². The number of hydrogen-bond donors (Lipinski definition) is 0. The van der Waals surface area contributed by atoms with Crippen molar-refractivity contribution < 1.29 is 9.53 Å². The lowest BCUT2D eigenvalue weighted by molar-refractivity contribution is -0.149. The Hall–Kier alpha value is -1.64. The lowest BCUT2D eigenvalue weighted by Gasteiger charge is -2.22. The molecule has 1 aromatic carbocycles. The minimum Gasteiger partial charge on any atom is -0.464 e. The molecule has 19 heavy (non-hydrogen) atoms. The summed E-state index contributed by atoms with van der Waals surface area (Å²) in [6.45, 7) is 6.16. The number of nitrogens with zero attached hydrogens (tertiary/aromatic N) is 1. The van der Waals surface area contributed by atoms with Gasteiger partial charge in [-0.3, -0.25) is 4.99 Å². The van der Waals surface area contributed by atoms with Crippen LogP contribution < -0.4 is 0 Å². The summed E-state index contributed by atoms with van der Waals surface area (Å²) in [7, 11) is 0. The molecule has 1 rings (SSSR count). The van der Waals surface area contributed by atoms with E-state index in [1.807, 2.05) is 44.2 Å². The average Bonchev–Trinajstić information content (AvgIpc) is 2.44. The van der Waals surface area contributed by atoms with Crippen LogP contribution >= 0.6 is 0 Å². The van der Waals surface area contributed by atoms with Crippen LogP contribution in [0.1, 0.15) is 45.6 Å². The first-order chi connectivity index (χ1) is 9.12. The zero-order valence-electron chi connectivity index (χ0n) is 12.1. The second-order valence-corrected chi connectivity index (χ2v) is 4.77. The third kappa shape index (κ3) is 4.86. The highest BCUT2D eigenvalue weighted by Crippen LogP contribution is 2.21. The number of benzene rings is 1. The van der Waals surface area contributed by atoms with Gasteiger partial charge in [0.1, 0.15) is 0 Å². The van der Waals surface area contributed by atoms with Crippen molar-refractivity contribution >= 4 is 12.2 Å². The maximum Gasteiger partial charge on any atom is 0.333 e. The molecule has 0 fully saturated rings. The first kappa shape index (κ1) is 15.4. The Balaban J connectivity index is 2.84. The van der Waals surface area contributed by atoms with Crippen LogP contribution in [0.15, 0.2) is 35.3 Å². The number of unbranched alkanes of at least 4 members (excludes halogenated alkanes) is 1. The molecular weight excluding hydrogens is 238 g/mol. The summed E-state index contributed by atoms with van der Waals surface area (Å²) in [4.78, 5) is 16.5. The Labute approximate surface area is 115 Å². The van der Waals surface area contributed by atoms with Crippen LogP contribution in [0.2, 0.25) is 0 Å². The van der Waals surface area contributed by atoms with Crippen molar-refractivity contribution in [2.45, 2.75) is 45.6 Å². The summed E-state index contributed by atoms with van der Waals surface area (Å²) in [5, 5.41) is 0. The molecule has 0 saturated heterocycles. The molecule has 3 heteroatoms. The SMILES string of the molecule is CCCCC(C)(N=Cc1ccccc1)C(=O)OCC. The molecule has 0 amide bonds. The van der Waals surface area contributed by atoms with E-state index in [-0.39, 0.29) is 5.97 Å². The first-order valence-electron chi connectivity index (χ1n) is 6.90. The van der Waals surface area contributed by atoms with Gasteiger partial charge in [0.15, 0.2) is 5.54 Å². The number of carbonyl (C=O) groups is 1. The van der Waals surface area contributed by atoms with Crippen molar-refractivity contribution in [3.05, 3.63) is 35.9 Å². The number of hydrogen-bond acceptors (Lipinski definition) is 3. The van der Waals surface area contributed by atoms with Gasteiger partial charge in [0.2, 0.25) is 0 Å². The second-order valence-electron chi connectivity index (χ2n) is 4.77. The zero-order valence-corrected chi connectivity index (χ0v) is 12.1. The van der Waals surface area contributed by atoms with Crippen molar-refractivity contribution in [2.75, 3.05) is 6.61 Å². The van der Waals surface area contributed by atoms with Crippen LogP contribution in [0.4, 0.5) is 0 Å². The summed E-state index contributed by atoms with van der Waals surface area (Å²) in [6.07, 6.45) is 4.47. The molecule has 0 saturated carbocycles. The molecule has 0 radical (unpaired) electrons. The third-order valence-corrected chi connectivity index (χ3v) is 3.03. The highest BCUT2D eigenvalue weighted by molar-refractivity contribution is 5.86. The Morgan fingerprint density at radius 2 is 2.00 bits per heavy atom. The largest absolute Gasteiger partial charge is 0.464 e. The Morgan fingerprint density at radius 3 is 2.58 bits per heavy atom. The van der Waals surface area contributed by atoms with Gasteiger partial charge >= 0.3 is 5.97 Å². The number of esters is 1. The highest BCUT2D eigenvalue weighted by Gasteiger charge is 2.32. The Bertz CT molecular complexity index is 414. The minimum atomic E-state index is -0.776. The molecule has 0 aliphatic carbocycles. The van der Waals surface area contributed by atoms with E-state index in [0.717, 1.165) is 18.4 Å². The van der Waals surface area contributed by atoms with Crippen molar-refractivity contribution in [3.63, 3.8) is 0 Å². The molecule has 1 unspecified atom stereocenters. The van der Waals surface area contributed by atoms with Gasteiger partial charge < -0.3 is 4.74 Å². The first-order valence-corrected chi connectivity index (χ1v) is 6.90. The molecule has 0 spiro atoms. The maximum atomic E-state index is 12.1. The fourth-order valence-electron chi connectivity index (χ4n) is 1.78. The van der Waals surface area contributed by atoms with E-state index in [1.165, 1.54) is 0 Å². The Morgan fingerprint density at radius 1 is 1.32 bits per heavy atom. The maximum absolute atomic E-state index is 12.1. The van der Waals surface area contributed by atoms with Crippen molar-refractivity contribution in [1.82, 2.24) is 0 Å². The molecule has 0 aromatic heterocycles. The van der Waals surface area contributed by atoms with E-state index in [2.05, 4.69) is 11.9 Å². The summed E-state index contributed by atoms with van der Waals surface area (Å²) in [6, 6.07) is 9.80. The lowest BCUT2D eigenvalue weighted by Crippen LogP contribution is -2.35. The van der Waals surface area contributed by atoms with Gasteiger partial charge in [-0.25, -0.2) is 4.79 Å². The number of rotatable bonds is 7. The Kier molecular flexibility index (Phi) is 6.26. The lowest BCUT2D eigenvalue weighted by atomic mass is 9.95. The topological polar surface area (TPSA) is 38.7 Å². The molecule has 0 N–H and O–H groups in total. The van der Waals surface area contributed by atoms with Gasteiger partial charge in [-0.05, 0) is 25.8 Å². The van der Waals surface area contributed by atoms with Gasteiger partial charge in [0.05, 0.1) is 6.61 Å². The molecule has 3 nitrogen and oxygen atoms in total. The third-order valence-electron chi connectivity index (χ3n) is 3.03. The van der Waals surface area contributed by atoms with Gasteiger partial charge in [-0.2, -0.15) is 0 Å². The van der Waals surface area contributed by atoms with Crippen molar-refractivity contribution in [2.24, 2.45) is 4.99 Å². The van der Waals surface area contributed by atoms with E-state index < -0.39 is 5.54 Å². The summed E-state index contributed by atoms with van der Waals surface area (Å²) >= 11 is 0. The van der Waals surface area contributed by atoms with Crippen LogP contribution in [-0.2, 0) is 9.53 Å². The molecule has 104 valence electrons. The van der Waals surface area contributed by atoms with Crippen LogP contribution in [0, 0.1) is 0 Å². The fourth-order valence-corrected chi connectivity index (χ4v) is 1.78. The molecule has 0 heterocycles. The molecule has 0 aliphatic heterocycles. The minimum absolute atomic E-state index is 0.240. The number of aliphatic imine (C=N–C) groups is 1. The summed E-state index contributed by atoms with van der Waals surface area (Å²) in [5.74, 6) is -0.240. The van der Waals surface area contributed by atoms with Crippen LogP contribution in [0.3, 0.4) is 0 Å². The predicted molar refractivity (Wildman–Crippen MR) is 78.6 cm³/mol. The molecule has 0 bridgehead atoms. The van der Waals surface area contributed by atoms with Crippen molar-refractivity contribution in [3.8, 4) is 0 Å². The van der Waals surface area contributed by atoms with E-state index >= 15 is 0 Å². The molecule has 0 aliphatic rings. The summed E-state index contributed by atoms with van der Waals surface area (Å²) < 4.78 is 5.14. The van der Waals surface area contributed by atoms with Gasteiger partial charge in [0, 0.05) is 6.21 Å². The van der Waals surface area contributed by atoms with Gasteiger partial charge in [0.25, 0.3) is 0 Å². The molecular formula is C16H23NO2. The highest BCUT2D eigenvalue weighted by atomic mass is 16.5. The predicted octanol–water partition coefficient (Wildman–Crippen LogP) is 3.62. The van der Waals surface area contributed by atoms with Gasteiger partial charge in [-0.1, -0.05) is 50.1 Å². The van der Waals surface area contributed by atoms with Gasteiger partial charge in [-0.15, -0.1) is 0 Å². The van der Waals surface area contributed by atoms with E-state index in [4.69, 9.17) is 4.74 Å². The van der Waals surface area contributed by atoms with E-state index in [1.54, 1.807) is 6.21 Å². The second kappa shape index (κ2) is 7.72. The van der Waals surface area contributed by atoms with Crippen LogP contribution in [0.25, 0.3) is 0 Å². The fraction of sp³-hybridized carbons (Fsp3) is 0.500. The number of ether oxygens (including phenoxy) is 1. The normalized spacial score (nSPS) is 14.3. The molecule has 1 atom stereocenters. The smallest absolute Gasteiger partial charge is 0.333 e. The van der Waals surface area contributed by atoms with Crippen LogP contribution in [0.5, 0.6) is 0 Å². The molecule has 1 aromatic rings. The quantitative estimate of drug-likeness (QED) is 0.555. The average molecular weight is 261 g/mol. The standard InChI is InChI=1S/C16H23NO2/c1-4-6-12-16(3,15(18)19-5-2)17-13-14-10-8-7-9-11-14/h7-11,13H,4-6,12H2,1-3H3. The van der Waals surface area contributed by atoms with Crippen molar-refractivity contribution in [1.29, 1.82) is 0 Å². The number of carbonyl (C=O) groups excluding carboxylic acids is 1. The van der Waals surface area contributed by atoms with E-state index in [9.17, 15) is 4.79 Å². The van der Waals surface area contributed by atoms with Crippen LogP contribution in [-0.4, -0.2) is 24.3 Å². The summed E-state index contributed by atoms with van der Waals surface area (Å²) in [5.41, 5.74) is 0.219. The zero-order chi connectivity index (χ0) is 14.1. The monoisotopic (exact) mass is 261 g/mol.